The largest absolute Gasteiger partial charge is 0.494 e. The third kappa shape index (κ3) is 6.02. The van der Waals surface area contributed by atoms with Gasteiger partial charge in [-0.3, -0.25) is 4.79 Å². The second kappa shape index (κ2) is 9.56. The first kappa shape index (κ1) is 18.6. The summed E-state index contributed by atoms with van der Waals surface area (Å²) in [6, 6.07) is 7.85. The molecule has 25 heavy (non-hydrogen) atoms. The van der Waals surface area contributed by atoms with Gasteiger partial charge in [0.2, 0.25) is 5.91 Å². The third-order valence-electron chi connectivity index (χ3n) is 3.48. The van der Waals surface area contributed by atoms with Gasteiger partial charge >= 0.3 is 0 Å². The average molecular weight is 343 g/mol. The van der Waals surface area contributed by atoms with Crippen molar-refractivity contribution in [3.05, 3.63) is 41.7 Å². The Morgan fingerprint density at radius 1 is 1.32 bits per heavy atom. The minimum absolute atomic E-state index is 0.144. The van der Waals surface area contributed by atoms with Gasteiger partial charge in [-0.1, -0.05) is 19.1 Å². The number of ether oxygens (including phenoxy) is 1. The summed E-state index contributed by atoms with van der Waals surface area (Å²) in [5.74, 6) is 1.46. The Bertz CT molecular complexity index is 692. The van der Waals surface area contributed by atoms with E-state index >= 15 is 0 Å². The van der Waals surface area contributed by atoms with Crippen LogP contribution in [-0.4, -0.2) is 39.3 Å². The summed E-state index contributed by atoms with van der Waals surface area (Å²) in [7, 11) is 0. The van der Waals surface area contributed by atoms with Gasteiger partial charge in [0.25, 0.3) is 0 Å². The van der Waals surface area contributed by atoms with Crippen LogP contribution in [-0.2, 0) is 11.2 Å². The van der Waals surface area contributed by atoms with Crippen molar-refractivity contribution in [3.8, 4) is 5.75 Å². The van der Waals surface area contributed by atoms with Crippen molar-refractivity contribution in [2.45, 2.75) is 39.7 Å². The van der Waals surface area contributed by atoms with Gasteiger partial charge in [-0.25, -0.2) is 4.68 Å². The van der Waals surface area contributed by atoms with E-state index in [1.54, 1.807) is 10.8 Å². The summed E-state index contributed by atoms with van der Waals surface area (Å²) in [5.41, 5.74) is 0.947. The number of hydrogen-bond donors (Lipinski definition) is 1. The van der Waals surface area contributed by atoms with E-state index in [0.29, 0.717) is 19.6 Å². The minimum Gasteiger partial charge on any atom is -0.494 e. The summed E-state index contributed by atoms with van der Waals surface area (Å²) in [5, 5.41) is 14.4. The van der Waals surface area contributed by atoms with Crippen molar-refractivity contribution in [1.29, 1.82) is 0 Å². The molecule has 0 radical (unpaired) electrons. The molecule has 0 saturated carbocycles. The first-order valence-corrected chi connectivity index (χ1v) is 8.55. The maximum absolute atomic E-state index is 11.9. The van der Waals surface area contributed by atoms with E-state index in [-0.39, 0.29) is 11.9 Å². The van der Waals surface area contributed by atoms with Gasteiger partial charge in [-0.15, -0.1) is 5.10 Å². The zero-order valence-electron chi connectivity index (χ0n) is 15.0. The van der Waals surface area contributed by atoms with E-state index in [1.165, 1.54) is 6.08 Å². The molecule has 1 heterocycles. The van der Waals surface area contributed by atoms with E-state index in [0.717, 1.165) is 23.6 Å². The Balaban J connectivity index is 1.77. The summed E-state index contributed by atoms with van der Waals surface area (Å²) >= 11 is 0. The van der Waals surface area contributed by atoms with Crippen molar-refractivity contribution >= 4 is 12.0 Å². The number of benzene rings is 1. The highest BCUT2D eigenvalue weighted by atomic mass is 16.5. The van der Waals surface area contributed by atoms with Crippen LogP contribution in [0.1, 0.15) is 44.6 Å². The summed E-state index contributed by atoms with van der Waals surface area (Å²) in [4.78, 5) is 11.9. The number of carbonyl (C=O) groups is 1. The predicted molar refractivity (Wildman–Crippen MR) is 96.2 cm³/mol. The Kier molecular flexibility index (Phi) is 7.13. The second-order valence-corrected chi connectivity index (χ2v) is 5.93. The fraction of sp³-hybridized carbons (Fsp3) is 0.444. The highest BCUT2D eigenvalue weighted by Crippen LogP contribution is 2.13. The number of nitrogens with one attached hydrogen (secondary N) is 1. The molecule has 134 valence electrons. The molecule has 0 aliphatic heterocycles. The number of rotatable bonds is 9. The first-order valence-electron chi connectivity index (χ1n) is 8.55. The van der Waals surface area contributed by atoms with Crippen LogP contribution in [0.4, 0.5) is 0 Å². The fourth-order valence-corrected chi connectivity index (χ4v) is 2.20. The molecule has 2 aromatic rings. The Hall–Kier alpha value is -2.70. The molecular formula is C18H25N5O2. The molecule has 1 amide bonds. The number of aromatic nitrogens is 4. The summed E-state index contributed by atoms with van der Waals surface area (Å²) in [6.07, 6.45) is 4.87. The average Bonchev–Trinajstić information content (AvgIpc) is 3.08. The van der Waals surface area contributed by atoms with Gasteiger partial charge in [-0.2, -0.15) is 0 Å². The zero-order valence-corrected chi connectivity index (χ0v) is 15.0. The quantitative estimate of drug-likeness (QED) is 0.707. The Morgan fingerprint density at radius 3 is 2.76 bits per heavy atom. The van der Waals surface area contributed by atoms with Gasteiger partial charge in [0, 0.05) is 19.0 Å². The molecule has 7 heteroatoms. The Morgan fingerprint density at radius 2 is 2.08 bits per heavy atom. The number of carbonyl (C=O) groups excluding carboxylic acids is 1. The molecule has 0 aliphatic carbocycles. The molecule has 2 rings (SSSR count). The smallest absolute Gasteiger partial charge is 0.244 e. The van der Waals surface area contributed by atoms with Crippen molar-refractivity contribution in [3.63, 3.8) is 0 Å². The lowest BCUT2D eigenvalue weighted by Gasteiger charge is -2.07. The van der Waals surface area contributed by atoms with Gasteiger partial charge in [0.05, 0.1) is 12.6 Å². The van der Waals surface area contributed by atoms with Gasteiger partial charge in [0.15, 0.2) is 5.82 Å². The first-order chi connectivity index (χ1) is 12.1. The lowest BCUT2D eigenvalue weighted by molar-refractivity contribution is -0.116. The van der Waals surface area contributed by atoms with Gasteiger partial charge in [-0.05, 0) is 54.5 Å². The van der Waals surface area contributed by atoms with Gasteiger partial charge < -0.3 is 10.1 Å². The molecule has 0 fully saturated rings. The van der Waals surface area contributed by atoms with Gasteiger partial charge in [0.1, 0.15) is 5.75 Å². The van der Waals surface area contributed by atoms with Crippen LogP contribution in [0, 0.1) is 0 Å². The second-order valence-electron chi connectivity index (χ2n) is 5.93. The standard InChI is InChI=1S/C18H25N5O2/c1-4-13-25-16-8-5-15(6-9-16)7-10-18(24)19-12-11-17-20-21-22-23(17)14(2)3/h5-10,14H,4,11-13H2,1-3H3,(H,19,24)/b10-7+. The van der Waals surface area contributed by atoms with Crippen LogP contribution in [0.2, 0.25) is 0 Å². The molecule has 7 nitrogen and oxygen atoms in total. The number of hydrogen-bond acceptors (Lipinski definition) is 5. The maximum atomic E-state index is 11.9. The van der Waals surface area contributed by atoms with Crippen molar-refractivity contribution < 1.29 is 9.53 Å². The number of amides is 1. The monoisotopic (exact) mass is 343 g/mol. The van der Waals surface area contributed by atoms with Crippen LogP contribution < -0.4 is 10.1 Å². The van der Waals surface area contributed by atoms with E-state index in [1.807, 2.05) is 38.1 Å². The SMILES string of the molecule is CCCOc1ccc(/C=C/C(=O)NCCc2nnnn2C(C)C)cc1. The third-order valence-corrected chi connectivity index (χ3v) is 3.48. The van der Waals surface area contributed by atoms with Crippen LogP contribution in [0.25, 0.3) is 6.08 Å². The zero-order chi connectivity index (χ0) is 18.1. The molecule has 1 aromatic carbocycles. The molecule has 0 atom stereocenters. The summed E-state index contributed by atoms with van der Waals surface area (Å²) < 4.78 is 7.28. The molecule has 1 N–H and O–H groups in total. The van der Waals surface area contributed by atoms with Crippen LogP contribution >= 0.6 is 0 Å². The van der Waals surface area contributed by atoms with E-state index in [4.69, 9.17) is 4.74 Å². The lowest BCUT2D eigenvalue weighted by Crippen LogP contribution is -2.25. The predicted octanol–water partition coefficient (Wildman–Crippen LogP) is 2.41. The molecule has 0 aliphatic rings. The highest BCUT2D eigenvalue weighted by molar-refractivity contribution is 5.91. The molecule has 0 unspecified atom stereocenters. The minimum atomic E-state index is -0.144. The van der Waals surface area contributed by atoms with Crippen LogP contribution in [0.5, 0.6) is 5.75 Å². The van der Waals surface area contributed by atoms with E-state index < -0.39 is 0 Å². The van der Waals surface area contributed by atoms with Crippen molar-refractivity contribution in [2.75, 3.05) is 13.2 Å². The summed E-state index contributed by atoms with van der Waals surface area (Å²) in [6.45, 7) is 7.29. The van der Waals surface area contributed by atoms with Crippen molar-refractivity contribution in [1.82, 2.24) is 25.5 Å². The lowest BCUT2D eigenvalue weighted by atomic mass is 10.2. The van der Waals surface area contributed by atoms with Crippen LogP contribution in [0.15, 0.2) is 30.3 Å². The molecule has 0 spiro atoms. The normalized spacial score (nSPS) is 11.2. The topological polar surface area (TPSA) is 81.9 Å². The van der Waals surface area contributed by atoms with Crippen LogP contribution in [0.3, 0.4) is 0 Å². The van der Waals surface area contributed by atoms with Crippen molar-refractivity contribution in [2.24, 2.45) is 0 Å². The fourth-order valence-electron chi connectivity index (χ4n) is 2.20. The molecule has 0 saturated heterocycles. The van der Waals surface area contributed by atoms with E-state index in [2.05, 4.69) is 27.8 Å². The number of nitrogens with zero attached hydrogens (tertiary/aromatic N) is 4. The van der Waals surface area contributed by atoms with E-state index in [9.17, 15) is 4.79 Å². The molecule has 1 aromatic heterocycles. The highest BCUT2D eigenvalue weighted by Gasteiger charge is 2.08. The number of tetrazole rings is 1. The Labute approximate surface area is 148 Å². The maximum Gasteiger partial charge on any atom is 0.244 e. The molecular weight excluding hydrogens is 318 g/mol. The molecule has 0 bridgehead atoms.